The van der Waals surface area contributed by atoms with Crippen molar-refractivity contribution in [1.82, 2.24) is 5.32 Å². The van der Waals surface area contributed by atoms with Gasteiger partial charge < -0.3 is 5.32 Å². The van der Waals surface area contributed by atoms with Gasteiger partial charge in [-0.15, -0.1) is 11.6 Å². The maximum absolute atomic E-state index is 11.7. The Balaban J connectivity index is 2.57. The van der Waals surface area contributed by atoms with E-state index in [1.807, 2.05) is 19.1 Å². The number of amides is 1. The molecule has 1 N–H and O–H groups in total. The number of carbonyl (C=O) groups excluding carboxylic acids is 1. The summed E-state index contributed by atoms with van der Waals surface area (Å²) in [4.78, 5) is 11.7. The number of hydrogen-bond acceptors (Lipinski definition) is 1. The molecule has 1 aromatic carbocycles. The van der Waals surface area contributed by atoms with Crippen molar-refractivity contribution in [3.8, 4) is 0 Å². The highest BCUT2D eigenvalue weighted by molar-refractivity contribution is 9.10. The first-order valence-electron chi connectivity index (χ1n) is 4.76. The Bertz CT molecular complexity index is 326. The average molecular weight is 291 g/mol. The van der Waals surface area contributed by atoms with Gasteiger partial charge in [0.15, 0.2) is 0 Å². The molecule has 0 heterocycles. The van der Waals surface area contributed by atoms with Crippen molar-refractivity contribution in [3.05, 3.63) is 34.3 Å². The first kappa shape index (κ1) is 12.5. The van der Waals surface area contributed by atoms with Crippen molar-refractivity contribution in [2.24, 2.45) is 0 Å². The Kier molecular flexibility index (Phi) is 5.12. The van der Waals surface area contributed by atoms with E-state index in [-0.39, 0.29) is 11.9 Å². The van der Waals surface area contributed by atoms with Crippen LogP contribution in [0.15, 0.2) is 28.7 Å². The molecule has 82 valence electrons. The van der Waals surface area contributed by atoms with Crippen molar-refractivity contribution in [3.63, 3.8) is 0 Å². The van der Waals surface area contributed by atoms with Gasteiger partial charge >= 0.3 is 0 Å². The first-order chi connectivity index (χ1) is 7.13. The second-order valence-electron chi connectivity index (χ2n) is 3.36. The molecule has 0 saturated carbocycles. The number of hydrogen-bond donors (Lipinski definition) is 1. The number of carbonyl (C=O) groups is 1. The van der Waals surface area contributed by atoms with Crippen LogP contribution in [-0.4, -0.2) is 17.8 Å². The lowest BCUT2D eigenvalue weighted by Crippen LogP contribution is -2.32. The molecule has 0 aromatic heterocycles. The van der Waals surface area contributed by atoms with Crippen molar-refractivity contribution in [1.29, 1.82) is 0 Å². The maximum Gasteiger partial charge on any atom is 0.251 e. The molecule has 0 aliphatic rings. The quantitative estimate of drug-likeness (QED) is 0.848. The van der Waals surface area contributed by atoms with Crippen LogP contribution in [0.2, 0.25) is 0 Å². The number of alkyl halides is 1. The molecule has 1 aromatic rings. The van der Waals surface area contributed by atoms with E-state index >= 15 is 0 Å². The topological polar surface area (TPSA) is 29.1 Å². The summed E-state index contributed by atoms with van der Waals surface area (Å²) in [6.07, 6.45) is 0.782. The third-order valence-electron chi connectivity index (χ3n) is 2.03. The summed E-state index contributed by atoms with van der Waals surface area (Å²) in [5.41, 5.74) is 0.666. The molecule has 0 saturated heterocycles. The van der Waals surface area contributed by atoms with Crippen LogP contribution < -0.4 is 5.32 Å². The second-order valence-corrected chi connectivity index (χ2v) is 4.65. The Morgan fingerprint density at radius 1 is 1.47 bits per heavy atom. The van der Waals surface area contributed by atoms with Crippen LogP contribution in [0.4, 0.5) is 0 Å². The van der Waals surface area contributed by atoms with Crippen LogP contribution in [0.5, 0.6) is 0 Å². The normalized spacial score (nSPS) is 12.2. The van der Waals surface area contributed by atoms with E-state index in [9.17, 15) is 4.79 Å². The fourth-order valence-electron chi connectivity index (χ4n) is 1.14. The third-order valence-corrected chi connectivity index (χ3v) is 2.77. The van der Waals surface area contributed by atoms with Crippen LogP contribution in [0.1, 0.15) is 23.7 Å². The Hall–Kier alpha value is -0.540. The summed E-state index contributed by atoms with van der Waals surface area (Å²) < 4.78 is 0.966. The number of halogens is 2. The van der Waals surface area contributed by atoms with Crippen LogP contribution in [0.3, 0.4) is 0 Å². The smallest absolute Gasteiger partial charge is 0.251 e. The second kappa shape index (κ2) is 6.13. The zero-order valence-electron chi connectivity index (χ0n) is 8.47. The first-order valence-corrected chi connectivity index (χ1v) is 6.08. The minimum Gasteiger partial charge on any atom is -0.350 e. The standard InChI is InChI=1S/C11H13BrClNO/c1-8(6-7-13)14-11(15)9-2-4-10(12)5-3-9/h2-5,8H,6-7H2,1H3,(H,14,15). The number of rotatable bonds is 4. The summed E-state index contributed by atoms with van der Waals surface area (Å²) >= 11 is 8.91. The lowest BCUT2D eigenvalue weighted by molar-refractivity contribution is 0.0939. The predicted octanol–water partition coefficient (Wildman–Crippen LogP) is 3.20. The van der Waals surface area contributed by atoms with Gasteiger partial charge in [0.1, 0.15) is 0 Å². The lowest BCUT2D eigenvalue weighted by atomic mass is 10.2. The van der Waals surface area contributed by atoms with Crippen LogP contribution >= 0.6 is 27.5 Å². The highest BCUT2D eigenvalue weighted by Crippen LogP contribution is 2.10. The van der Waals surface area contributed by atoms with Crippen LogP contribution in [-0.2, 0) is 0 Å². The molecule has 0 aliphatic heterocycles. The zero-order chi connectivity index (χ0) is 11.3. The summed E-state index contributed by atoms with van der Waals surface area (Å²) in [6.45, 7) is 1.94. The molecule has 0 bridgehead atoms. The monoisotopic (exact) mass is 289 g/mol. The molecular weight excluding hydrogens is 277 g/mol. The van der Waals surface area contributed by atoms with Crippen LogP contribution in [0.25, 0.3) is 0 Å². The van der Waals surface area contributed by atoms with Gasteiger partial charge in [-0.25, -0.2) is 0 Å². The lowest BCUT2D eigenvalue weighted by Gasteiger charge is -2.12. The molecule has 0 spiro atoms. The molecule has 1 rings (SSSR count). The Morgan fingerprint density at radius 2 is 2.07 bits per heavy atom. The molecule has 2 nitrogen and oxygen atoms in total. The summed E-state index contributed by atoms with van der Waals surface area (Å²) in [7, 11) is 0. The van der Waals surface area contributed by atoms with Gasteiger partial charge in [0, 0.05) is 22.0 Å². The molecular formula is C11H13BrClNO. The molecule has 1 unspecified atom stereocenters. The summed E-state index contributed by atoms with van der Waals surface area (Å²) in [5, 5.41) is 2.88. The molecule has 15 heavy (non-hydrogen) atoms. The fourth-order valence-corrected chi connectivity index (χ4v) is 1.74. The van der Waals surface area contributed by atoms with E-state index in [2.05, 4.69) is 21.2 Å². The number of nitrogens with one attached hydrogen (secondary N) is 1. The fraction of sp³-hybridized carbons (Fsp3) is 0.364. The maximum atomic E-state index is 11.7. The average Bonchev–Trinajstić information content (AvgIpc) is 2.18. The van der Waals surface area contributed by atoms with Gasteiger partial charge in [-0.2, -0.15) is 0 Å². The van der Waals surface area contributed by atoms with Crippen molar-refractivity contribution < 1.29 is 4.79 Å². The SMILES string of the molecule is CC(CCCl)NC(=O)c1ccc(Br)cc1. The van der Waals surface area contributed by atoms with E-state index in [1.165, 1.54) is 0 Å². The largest absolute Gasteiger partial charge is 0.350 e. The minimum atomic E-state index is -0.0554. The van der Waals surface area contributed by atoms with Gasteiger partial charge in [0.25, 0.3) is 5.91 Å². The van der Waals surface area contributed by atoms with Crippen molar-refractivity contribution in [2.75, 3.05) is 5.88 Å². The minimum absolute atomic E-state index is 0.0554. The highest BCUT2D eigenvalue weighted by Gasteiger charge is 2.08. The zero-order valence-corrected chi connectivity index (χ0v) is 10.8. The summed E-state index contributed by atoms with van der Waals surface area (Å²) in [5.74, 6) is 0.502. The van der Waals surface area contributed by atoms with Crippen molar-refractivity contribution >= 4 is 33.4 Å². The van der Waals surface area contributed by atoms with Crippen LogP contribution in [0, 0.1) is 0 Å². The van der Waals surface area contributed by atoms with Gasteiger partial charge in [0.2, 0.25) is 0 Å². The van der Waals surface area contributed by atoms with E-state index in [1.54, 1.807) is 12.1 Å². The van der Waals surface area contributed by atoms with Gasteiger partial charge in [0.05, 0.1) is 0 Å². The third kappa shape index (κ3) is 4.22. The van der Waals surface area contributed by atoms with Gasteiger partial charge in [-0.3, -0.25) is 4.79 Å². The predicted molar refractivity (Wildman–Crippen MR) is 66.4 cm³/mol. The molecule has 0 fully saturated rings. The summed E-state index contributed by atoms with van der Waals surface area (Å²) in [6, 6.07) is 7.38. The molecule has 1 amide bonds. The number of benzene rings is 1. The Morgan fingerprint density at radius 3 is 2.60 bits per heavy atom. The van der Waals surface area contributed by atoms with Gasteiger partial charge in [-0.1, -0.05) is 15.9 Å². The van der Waals surface area contributed by atoms with E-state index in [0.717, 1.165) is 10.9 Å². The Labute approximate surface area is 103 Å². The van der Waals surface area contributed by atoms with E-state index in [4.69, 9.17) is 11.6 Å². The van der Waals surface area contributed by atoms with Crippen molar-refractivity contribution in [2.45, 2.75) is 19.4 Å². The molecule has 1 atom stereocenters. The highest BCUT2D eigenvalue weighted by atomic mass is 79.9. The van der Waals surface area contributed by atoms with E-state index < -0.39 is 0 Å². The molecule has 4 heteroatoms. The molecule has 0 aliphatic carbocycles. The van der Waals surface area contributed by atoms with E-state index in [0.29, 0.717) is 11.4 Å². The molecule has 0 radical (unpaired) electrons. The van der Waals surface area contributed by atoms with Gasteiger partial charge in [-0.05, 0) is 37.6 Å².